The first-order valence-corrected chi connectivity index (χ1v) is 6.84. The molecule has 1 aromatic carbocycles. The van der Waals surface area contributed by atoms with E-state index in [1.807, 2.05) is 19.1 Å². The van der Waals surface area contributed by atoms with E-state index >= 15 is 0 Å². The van der Waals surface area contributed by atoms with E-state index in [9.17, 15) is 0 Å². The van der Waals surface area contributed by atoms with Crippen molar-refractivity contribution in [1.29, 1.82) is 0 Å². The molecule has 0 saturated heterocycles. The van der Waals surface area contributed by atoms with Crippen LogP contribution in [0.25, 0.3) is 10.9 Å². The van der Waals surface area contributed by atoms with Crippen molar-refractivity contribution in [3.8, 4) is 11.8 Å². The minimum absolute atomic E-state index is 0.219. The zero-order valence-electron chi connectivity index (χ0n) is 11.6. The summed E-state index contributed by atoms with van der Waals surface area (Å²) in [6.45, 7) is 5.04. The molecule has 0 spiro atoms. The Balaban J connectivity index is 2.28. The maximum absolute atomic E-state index is 4.75. The van der Waals surface area contributed by atoms with Crippen LogP contribution in [0.5, 0.6) is 0 Å². The fraction of sp³-hybridized carbons (Fsp3) is 0.353. The lowest BCUT2D eigenvalue weighted by atomic mass is 10.1. The van der Waals surface area contributed by atoms with Crippen LogP contribution in [0.15, 0.2) is 36.4 Å². The van der Waals surface area contributed by atoms with Crippen LogP contribution in [0.4, 0.5) is 0 Å². The third kappa shape index (κ3) is 3.56. The van der Waals surface area contributed by atoms with Gasteiger partial charge in [-0.2, -0.15) is 0 Å². The SMILES string of the molecule is CC#CCC(NCCC)c1ccc2ccccc2n1. The molecule has 0 fully saturated rings. The second-order valence-corrected chi connectivity index (χ2v) is 4.57. The smallest absolute Gasteiger partial charge is 0.0706 e. The van der Waals surface area contributed by atoms with Crippen molar-refractivity contribution in [3.05, 3.63) is 42.1 Å². The Bertz CT molecular complexity index is 593. The van der Waals surface area contributed by atoms with E-state index in [1.54, 1.807) is 0 Å². The van der Waals surface area contributed by atoms with Crippen molar-refractivity contribution in [2.24, 2.45) is 0 Å². The zero-order valence-corrected chi connectivity index (χ0v) is 11.6. The van der Waals surface area contributed by atoms with Gasteiger partial charge in [0.05, 0.1) is 17.3 Å². The van der Waals surface area contributed by atoms with E-state index in [4.69, 9.17) is 4.98 Å². The normalized spacial score (nSPS) is 11.9. The molecule has 0 radical (unpaired) electrons. The second-order valence-electron chi connectivity index (χ2n) is 4.57. The number of benzene rings is 1. The first kappa shape index (κ1) is 13.6. The lowest BCUT2D eigenvalue weighted by Crippen LogP contribution is -2.22. The van der Waals surface area contributed by atoms with Gasteiger partial charge < -0.3 is 5.32 Å². The Labute approximate surface area is 115 Å². The number of hydrogen-bond donors (Lipinski definition) is 1. The monoisotopic (exact) mass is 252 g/mol. The fourth-order valence-electron chi connectivity index (χ4n) is 2.08. The highest BCUT2D eigenvalue weighted by Crippen LogP contribution is 2.18. The van der Waals surface area contributed by atoms with E-state index in [0.717, 1.165) is 30.6 Å². The molecule has 2 heteroatoms. The molecule has 0 aliphatic rings. The van der Waals surface area contributed by atoms with Gasteiger partial charge in [-0.05, 0) is 32.0 Å². The van der Waals surface area contributed by atoms with E-state index in [-0.39, 0.29) is 6.04 Å². The summed E-state index contributed by atoms with van der Waals surface area (Å²) in [4.78, 5) is 4.75. The number of para-hydroxylation sites is 1. The maximum atomic E-state index is 4.75. The summed E-state index contributed by atoms with van der Waals surface area (Å²) in [7, 11) is 0. The van der Waals surface area contributed by atoms with Crippen molar-refractivity contribution in [1.82, 2.24) is 10.3 Å². The van der Waals surface area contributed by atoms with Gasteiger partial charge in [0.15, 0.2) is 0 Å². The summed E-state index contributed by atoms with van der Waals surface area (Å²) in [6.07, 6.45) is 1.92. The van der Waals surface area contributed by atoms with Gasteiger partial charge in [0, 0.05) is 11.8 Å². The van der Waals surface area contributed by atoms with Crippen LogP contribution < -0.4 is 5.32 Å². The van der Waals surface area contributed by atoms with Crippen molar-refractivity contribution in [2.45, 2.75) is 32.7 Å². The number of nitrogens with zero attached hydrogens (tertiary/aromatic N) is 1. The second kappa shape index (κ2) is 6.92. The predicted molar refractivity (Wildman–Crippen MR) is 80.8 cm³/mol. The van der Waals surface area contributed by atoms with Crippen LogP contribution in [0.3, 0.4) is 0 Å². The molecule has 1 aromatic heterocycles. The summed E-state index contributed by atoms with van der Waals surface area (Å²) < 4.78 is 0. The number of fused-ring (bicyclic) bond motifs is 1. The summed E-state index contributed by atoms with van der Waals surface area (Å²) in [5.74, 6) is 6.12. The van der Waals surface area contributed by atoms with Crippen LogP contribution in [0, 0.1) is 11.8 Å². The van der Waals surface area contributed by atoms with Gasteiger partial charge in [0.2, 0.25) is 0 Å². The molecule has 0 saturated carbocycles. The highest BCUT2D eigenvalue weighted by molar-refractivity contribution is 5.78. The molecular formula is C17H20N2. The molecule has 0 aliphatic heterocycles. The van der Waals surface area contributed by atoms with Crippen molar-refractivity contribution in [2.75, 3.05) is 6.54 Å². The summed E-state index contributed by atoms with van der Waals surface area (Å²) in [5, 5.41) is 4.70. The average Bonchev–Trinajstić information content (AvgIpc) is 2.47. The van der Waals surface area contributed by atoms with Gasteiger partial charge in [-0.15, -0.1) is 11.8 Å². The maximum Gasteiger partial charge on any atom is 0.0706 e. The van der Waals surface area contributed by atoms with E-state index < -0.39 is 0 Å². The molecule has 0 bridgehead atoms. The molecule has 1 heterocycles. The lowest BCUT2D eigenvalue weighted by molar-refractivity contribution is 0.532. The number of rotatable bonds is 5. The quantitative estimate of drug-likeness (QED) is 0.821. The molecular weight excluding hydrogens is 232 g/mol. The van der Waals surface area contributed by atoms with Gasteiger partial charge in [-0.3, -0.25) is 4.98 Å². The summed E-state index contributed by atoms with van der Waals surface area (Å²) in [6, 6.07) is 12.7. The van der Waals surface area contributed by atoms with Gasteiger partial charge in [0.25, 0.3) is 0 Å². The Morgan fingerprint density at radius 2 is 2.05 bits per heavy atom. The third-order valence-electron chi connectivity index (χ3n) is 3.10. The van der Waals surface area contributed by atoms with Crippen LogP contribution >= 0.6 is 0 Å². The van der Waals surface area contributed by atoms with Gasteiger partial charge >= 0.3 is 0 Å². The van der Waals surface area contributed by atoms with E-state index in [2.05, 4.69) is 48.3 Å². The number of aromatic nitrogens is 1. The van der Waals surface area contributed by atoms with Gasteiger partial charge in [-0.1, -0.05) is 31.2 Å². The fourth-order valence-corrected chi connectivity index (χ4v) is 2.08. The molecule has 0 amide bonds. The van der Waals surface area contributed by atoms with Crippen LogP contribution in [0.2, 0.25) is 0 Å². The number of pyridine rings is 1. The highest BCUT2D eigenvalue weighted by Gasteiger charge is 2.11. The molecule has 1 unspecified atom stereocenters. The number of hydrogen-bond acceptors (Lipinski definition) is 2. The average molecular weight is 252 g/mol. The van der Waals surface area contributed by atoms with Crippen molar-refractivity contribution >= 4 is 10.9 Å². The van der Waals surface area contributed by atoms with Gasteiger partial charge in [0.1, 0.15) is 0 Å². The van der Waals surface area contributed by atoms with Crippen LogP contribution in [-0.2, 0) is 0 Å². The Morgan fingerprint density at radius 3 is 2.84 bits per heavy atom. The minimum atomic E-state index is 0.219. The Morgan fingerprint density at radius 1 is 1.21 bits per heavy atom. The molecule has 0 aliphatic carbocycles. The molecule has 1 N–H and O–H groups in total. The largest absolute Gasteiger partial charge is 0.308 e. The van der Waals surface area contributed by atoms with E-state index in [1.165, 1.54) is 5.39 Å². The first-order valence-electron chi connectivity index (χ1n) is 6.84. The van der Waals surface area contributed by atoms with Crippen LogP contribution in [-0.4, -0.2) is 11.5 Å². The molecule has 98 valence electrons. The van der Waals surface area contributed by atoms with E-state index in [0.29, 0.717) is 0 Å². The lowest BCUT2D eigenvalue weighted by Gasteiger charge is -2.16. The van der Waals surface area contributed by atoms with Crippen molar-refractivity contribution in [3.63, 3.8) is 0 Å². The molecule has 2 rings (SSSR count). The molecule has 2 aromatic rings. The molecule has 2 nitrogen and oxygen atoms in total. The first-order chi connectivity index (χ1) is 9.35. The van der Waals surface area contributed by atoms with Crippen molar-refractivity contribution < 1.29 is 0 Å². The molecule has 1 atom stereocenters. The Kier molecular flexibility index (Phi) is 4.94. The Hall–Kier alpha value is -1.85. The van der Waals surface area contributed by atoms with Crippen LogP contribution in [0.1, 0.15) is 38.4 Å². The number of nitrogens with one attached hydrogen (secondary N) is 1. The molecule has 19 heavy (non-hydrogen) atoms. The third-order valence-corrected chi connectivity index (χ3v) is 3.10. The minimum Gasteiger partial charge on any atom is -0.308 e. The zero-order chi connectivity index (χ0) is 13.5. The summed E-state index contributed by atoms with van der Waals surface area (Å²) >= 11 is 0. The predicted octanol–water partition coefficient (Wildman–Crippen LogP) is 3.69. The van der Waals surface area contributed by atoms with Gasteiger partial charge in [-0.25, -0.2) is 0 Å². The summed E-state index contributed by atoms with van der Waals surface area (Å²) in [5.41, 5.74) is 2.13. The topological polar surface area (TPSA) is 24.9 Å². The highest BCUT2D eigenvalue weighted by atomic mass is 14.9. The standard InChI is InChI=1S/C17H20N2/c1-3-5-9-16(18-13-4-2)17-12-11-14-8-6-7-10-15(14)19-17/h6-8,10-12,16,18H,4,9,13H2,1-2H3.